The third-order valence-electron chi connectivity index (χ3n) is 2.43. The van der Waals surface area contributed by atoms with Crippen molar-refractivity contribution in [3.05, 3.63) is 35.4 Å². The number of rotatable bonds is 0. The van der Waals surface area contributed by atoms with Gasteiger partial charge in [-0.2, -0.15) is 0 Å². The average Bonchev–Trinajstić information content (AvgIpc) is 2.15. The van der Waals surface area contributed by atoms with Crippen LogP contribution in [0.15, 0.2) is 29.8 Å². The van der Waals surface area contributed by atoms with Crippen molar-refractivity contribution in [3.63, 3.8) is 0 Å². The number of hydrogen-bond acceptors (Lipinski definition) is 2. The van der Waals surface area contributed by atoms with E-state index in [0.717, 1.165) is 16.9 Å². The molecular weight excluding hydrogens is 164 g/mol. The zero-order valence-corrected chi connectivity index (χ0v) is 7.74. The minimum atomic E-state index is -0.0325. The van der Waals surface area contributed by atoms with Crippen molar-refractivity contribution in [2.45, 2.75) is 20.0 Å². The highest BCUT2D eigenvalue weighted by Crippen LogP contribution is 2.33. The summed E-state index contributed by atoms with van der Waals surface area (Å²) in [5.41, 5.74) is 1.68. The molecule has 1 aliphatic rings. The van der Waals surface area contributed by atoms with Crippen LogP contribution in [-0.4, -0.2) is 11.2 Å². The van der Waals surface area contributed by atoms with E-state index in [1.807, 2.05) is 38.1 Å². The topological polar surface area (TPSA) is 29.5 Å². The zero-order chi connectivity index (χ0) is 9.42. The minimum Gasteiger partial charge on any atom is -0.507 e. The van der Waals surface area contributed by atoms with Gasteiger partial charge in [0.25, 0.3) is 0 Å². The second-order valence-corrected chi connectivity index (χ2v) is 3.29. The lowest BCUT2D eigenvalue weighted by Crippen LogP contribution is -2.19. The highest BCUT2D eigenvalue weighted by molar-refractivity contribution is 5.69. The molecule has 0 radical (unpaired) electrons. The normalized spacial score (nSPS) is 20.9. The van der Waals surface area contributed by atoms with E-state index in [2.05, 4.69) is 0 Å². The Hall–Kier alpha value is -1.44. The summed E-state index contributed by atoms with van der Waals surface area (Å²) in [4.78, 5) is 0. The Labute approximate surface area is 77.5 Å². The third kappa shape index (κ3) is 1.18. The fourth-order valence-electron chi connectivity index (χ4n) is 1.45. The van der Waals surface area contributed by atoms with E-state index in [-0.39, 0.29) is 6.10 Å². The number of hydrogen-bond donors (Lipinski definition) is 1. The van der Waals surface area contributed by atoms with E-state index in [9.17, 15) is 5.11 Å². The molecule has 68 valence electrons. The van der Waals surface area contributed by atoms with Crippen LogP contribution in [0.1, 0.15) is 19.4 Å². The molecule has 1 aromatic carbocycles. The summed E-state index contributed by atoms with van der Waals surface area (Å²) in [5, 5.41) is 9.80. The molecule has 0 aliphatic carbocycles. The predicted octanol–water partition coefficient (Wildman–Crippen LogP) is 2.76. The molecule has 13 heavy (non-hydrogen) atoms. The number of aliphatic hydroxyl groups excluding tert-OH is 1. The molecule has 2 rings (SSSR count). The lowest BCUT2D eigenvalue weighted by Gasteiger charge is -2.24. The predicted molar refractivity (Wildman–Crippen MR) is 51.8 cm³/mol. The van der Waals surface area contributed by atoms with E-state index >= 15 is 0 Å². The second kappa shape index (κ2) is 2.80. The SMILES string of the molecule is CC1=C(O)c2ccccc2OC1C. The summed E-state index contributed by atoms with van der Waals surface area (Å²) in [6, 6.07) is 7.52. The lowest BCUT2D eigenvalue weighted by molar-refractivity contribution is 0.244. The van der Waals surface area contributed by atoms with E-state index in [4.69, 9.17) is 4.74 Å². The van der Waals surface area contributed by atoms with Crippen molar-refractivity contribution in [2.75, 3.05) is 0 Å². The summed E-state index contributed by atoms with van der Waals surface area (Å²) in [6.07, 6.45) is -0.0325. The van der Waals surface area contributed by atoms with Crippen molar-refractivity contribution in [1.29, 1.82) is 0 Å². The molecule has 2 heteroatoms. The number of aliphatic hydroxyl groups is 1. The fourth-order valence-corrected chi connectivity index (χ4v) is 1.45. The Morgan fingerprint density at radius 2 is 2.00 bits per heavy atom. The van der Waals surface area contributed by atoms with Gasteiger partial charge in [0.1, 0.15) is 17.6 Å². The third-order valence-corrected chi connectivity index (χ3v) is 2.43. The first-order valence-electron chi connectivity index (χ1n) is 4.36. The van der Waals surface area contributed by atoms with Gasteiger partial charge < -0.3 is 9.84 Å². The molecule has 0 saturated carbocycles. The van der Waals surface area contributed by atoms with Gasteiger partial charge in [-0.25, -0.2) is 0 Å². The van der Waals surface area contributed by atoms with Crippen LogP contribution in [0, 0.1) is 0 Å². The summed E-state index contributed by atoms with van der Waals surface area (Å²) in [7, 11) is 0. The number of benzene rings is 1. The molecule has 0 amide bonds. The van der Waals surface area contributed by atoms with Crippen molar-refractivity contribution in [1.82, 2.24) is 0 Å². The molecule has 1 heterocycles. The number of fused-ring (bicyclic) bond motifs is 1. The lowest BCUT2D eigenvalue weighted by atomic mass is 10.0. The van der Waals surface area contributed by atoms with Crippen molar-refractivity contribution in [2.24, 2.45) is 0 Å². The Morgan fingerprint density at radius 3 is 2.77 bits per heavy atom. The Kier molecular flexibility index (Phi) is 1.76. The summed E-state index contributed by atoms with van der Waals surface area (Å²) in [6.45, 7) is 3.82. The molecule has 1 N–H and O–H groups in total. The van der Waals surface area contributed by atoms with E-state index in [0.29, 0.717) is 5.76 Å². The molecule has 1 aromatic rings. The molecule has 1 aliphatic heterocycles. The van der Waals surface area contributed by atoms with Crippen molar-refractivity contribution < 1.29 is 9.84 Å². The maximum Gasteiger partial charge on any atom is 0.131 e. The molecule has 0 aromatic heterocycles. The molecule has 0 fully saturated rings. The van der Waals surface area contributed by atoms with Crippen LogP contribution in [0.2, 0.25) is 0 Å². The van der Waals surface area contributed by atoms with Gasteiger partial charge in [-0.3, -0.25) is 0 Å². The van der Waals surface area contributed by atoms with Crippen LogP contribution in [0.3, 0.4) is 0 Å². The van der Waals surface area contributed by atoms with Gasteiger partial charge in [0, 0.05) is 5.57 Å². The molecule has 0 bridgehead atoms. The first-order chi connectivity index (χ1) is 6.20. The molecule has 0 saturated heterocycles. The number of ether oxygens (including phenoxy) is 1. The standard InChI is InChI=1S/C11H12O2/c1-7-8(2)13-10-6-4-3-5-9(10)11(7)12/h3-6,8,12H,1-2H3. The van der Waals surface area contributed by atoms with Crippen LogP contribution >= 0.6 is 0 Å². The molecular formula is C11H12O2. The van der Waals surface area contributed by atoms with E-state index < -0.39 is 0 Å². The summed E-state index contributed by atoms with van der Waals surface area (Å²) < 4.78 is 5.60. The van der Waals surface area contributed by atoms with Gasteiger partial charge in [-0.15, -0.1) is 0 Å². The summed E-state index contributed by atoms with van der Waals surface area (Å²) in [5.74, 6) is 1.12. The van der Waals surface area contributed by atoms with Crippen LogP contribution in [-0.2, 0) is 0 Å². The zero-order valence-electron chi connectivity index (χ0n) is 7.74. The summed E-state index contributed by atoms with van der Waals surface area (Å²) >= 11 is 0. The van der Waals surface area contributed by atoms with E-state index in [1.165, 1.54) is 0 Å². The van der Waals surface area contributed by atoms with Gasteiger partial charge in [0.2, 0.25) is 0 Å². The average molecular weight is 176 g/mol. The highest BCUT2D eigenvalue weighted by atomic mass is 16.5. The first kappa shape index (κ1) is 8.17. The largest absolute Gasteiger partial charge is 0.507 e. The Morgan fingerprint density at radius 1 is 1.31 bits per heavy atom. The van der Waals surface area contributed by atoms with Crippen molar-refractivity contribution >= 4 is 5.76 Å². The first-order valence-corrected chi connectivity index (χ1v) is 4.36. The van der Waals surface area contributed by atoms with Crippen LogP contribution in [0.5, 0.6) is 5.75 Å². The maximum atomic E-state index is 9.80. The molecule has 2 nitrogen and oxygen atoms in total. The highest BCUT2D eigenvalue weighted by Gasteiger charge is 2.21. The smallest absolute Gasteiger partial charge is 0.131 e. The quantitative estimate of drug-likeness (QED) is 0.658. The monoisotopic (exact) mass is 176 g/mol. The van der Waals surface area contributed by atoms with Gasteiger partial charge in [-0.1, -0.05) is 12.1 Å². The van der Waals surface area contributed by atoms with Gasteiger partial charge >= 0.3 is 0 Å². The molecule has 1 unspecified atom stereocenters. The van der Waals surface area contributed by atoms with E-state index in [1.54, 1.807) is 0 Å². The van der Waals surface area contributed by atoms with Gasteiger partial charge in [0.05, 0.1) is 5.56 Å². The van der Waals surface area contributed by atoms with Crippen LogP contribution in [0.4, 0.5) is 0 Å². The molecule has 1 atom stereocenters. The number of para-hydroxylation sites is 1. The second-order valence-electron chi connectivity index (χ2n) is 3.29. The Bertz CT molecular complexity index is 366. The van der Waals surface area contributed by atoms with Crippen LogP contribution in [0.25, 0.3) is 5.76 Å². The molecule has 0 spiro atoms. The Balaban J connectivity index is 2.59. The minimum absolute atomic E-state index is 0.0325. The van der Waals surface area contributed by atoms with Crippen molar-refractivity contribution in [3.8, 4) is 5.75 Å². The van der Waals surface area contributed by atoms with Crippen LogP contribution < -0.4 is 4.74 Å². The fraction of sp³-hybridized carbons (Fsp3) is 0.273. The van der Waals surface area contributed by atoms with Gasteiger partial charge in [-0.05, 0) is 26.0 Å². The van der Waals surface area contributed by atoms with Gasteiger partial charge in [0.15, 0.2) is 0 Å². The maximum absolute atomic E-state index is 9.80.